The van der Waals surface area contributed by atoms with E-state index in [1.165, 1.54) is 13.5 Å². The molecule has 1 fully saturated rings. The van der Waals surface area contributed by atoms with Crippen molar-refractivity contribution in [2.75, 3.05) is 20.2 Å². The molecule has 2 amide bonds. The Labute approximate surface area is 115 Å². The second-order valence-corrected chi connectivity index (χ2v) is 5.72. The summed E-state index contributed by atoms with van der Waals surface area (Å²) in [6.45, 7) is 7.65. The van der Waals surface area contributed by atoms with Gasteiger partial charge in [0.2, 0.25) is 5.91 Å². The molecule has 1 aliphatic heterocycles. The molecule has 19 heavy (non-hydrogen) atoms. The standard InChI is InChI=1S/C14H26N2O3/c1-10(2)12(15-14(18)19-4)13(17)16-8-5-6-11(3)7-9-16/h10-12H,5-9H2,1-4H3,(H,15,18)/t11-,12-/m0/s1. The van der Waals surface area contributed by atoms with Crippen LogP contribution in [0.1, 0.15) is 40.0 Å². The van der Waals surface area contributed by atoms with Crippen LogP contribution in [0.25, 0.3) is 0 Å². The molecule has 0 aromatic carbocycles. The van der Waals surface area contributed by atoms with Crippen molar-refractivity contribution < 1.29 is 14.3 Å². The molecule has 5 nitrogen and oxygen atoms in total. The summed E-state index contributed by atoms with van der Waals surface area (Å²) in [6.07, 6.45) is 2.70. The van der Waals surface area contributed by atoms with E-state index in [0.717, 1.165) is 25.9 Å². The Morgan fingerprint density at radius 3 is 2.53 bits per heavy atom. The SMILES string of the molecule is COC(=O)N[C@H](C(=O)N1CCC[C@H](C)CC1)C(C)C. The quantitative estimate of drug-likeness (QED) is 0.853. The van der Waals surface area contributed by atoms with E-state index in [9.17, 15) is 9.59 Å². The Morgan fingerprint density at radius 1 is 1.26 bits per heavy atom. The first-order valence-corrected chi connectivity index (χ1v) is 7.09. The molecule has 5 heteroatoms. The van der Waals surface area contributed by atoms with Gasteiger partial charge in [0.05, 0.1) is 7.11 Å². The van der Waals surface area contributed by atoms with Crippen LogP contribution in [-0.4, -0.2) is 43.1 Å². The molecule has 0 unspecified atom stereocenters. The maximum Gasteiger partial charge on any atom is 0.407 e. The van der Waals surface area contributed by atoms with Gasteiger partial charge in [-0.15, -0.1) is 0 Å². The van der Waals surface area contributed by atoms with Gasteiger partial charge in [-0.25, -0.2) is 4.79 Å². The number of carbonyl (C=O) groups excluding carboxylic acids is 2. The van der Waals surface area contributed by atoms with Crippen LogP contribution in [0, 0.1) is 11.8 Å². The highest BCUT2D eigenvalue weighted by Crippen LogP contribution is 2.18. The third kappa shape index (κ3) is 4.73. The molecule has 0 radical (unpaired) electrons. The fraction of sp³-hybridized carbons (Fsp3) is 0.857. The van der Waals surface area contributed by atoms with E-state index < -0.39 is 12.1 Å². The lowest BCUT2D eigenvalue weighted by Crippen LogP contribution is -2.51. The van der Waals surface area contributed by atoms with Crippen molar-refractivity contribution in [2.45, 2.75) is 46.1 Å². The molecule has 0 spiro atoms. The highest BCUT2D eigenvalue weighted by Gasteiger charge is 2.29. The molecule has 110 valence electrons. The topological polar surface area (TPSA) is 58.6 Å². The maximum absolute atomic E-state index is 12.5. The smallest absolute Gasteiger partial charge is 0.407 e. The van der Waals surface area contributed by atoms with Crippen LogP contribution in [0.5, 0.6) is 0 Å². The average Bonchev–Trinajstić information content (AvgIpc) is 2.59. The summed E-state index contributed by atoms with van der Waals surface area (Å²) < 4.78 is 4.59. The summed E-state index contributed by atoms with van der Waals surface area (Å²) >= 11 is 0. The van der Waals surface area contributed by atoms with Crippen molar-refractivity contribution in [1.82, 2.24) is 10.2 Å². The molecule has 1 saturated heterocycles. The highest BCUT2D eigenvalue weighted by molar-refractivity contribution is 5.86. The van der Waals surface area contributed by atoms with Gasteiger partial charge in [-0.1, -0.05) is 20.8 Å². The first-order chi connectivity index (χ1) is 8.95. The molecule has 0 aromatic heterocycles. The van der Waals surface area contributed by atoms with Crippen molar-refractivity contribution in [3.63, 3.8) is 0 Å². The number of nitrogens with one attached hydrogen (secondary N) is 1. The Hall–Kier alpha value is -1.26. The monoisotopic (exact) mass is 270 g/mol. The number of hydrogen-bond acceptors (Lipinski definition) is 3. The van der Waals surface area contributed by atoms with Crippen molar-refractivity contribution >= 4 is 12.0 Å². The number of hydrogen-bond donors (Lipinski definition) is 1. The Kier molecular flexibility index (Phi) is 6.12. The third-order valence-corrected chi connectivity index (χ3v) is 3.72. The Bertz CT molecular complexity index is 318. The van der Waals surface area contributed by atoms with E-state index in [4.69, 9.17) is 0 Å². The zero-order valence-corrected chi connectivity index (χ0v) is 12.4. The summed E-state index contributed by atoms with van der Waals surface area (Å²) in [5.41, 5.74) is 0. The number of nitrogens with zero attached hydrogens (tertiary/aromatic N) is 1. The minimum Gasteiger partial charge on any atom is -0.453 e. The fourth-order valence-electron chi connectivity index (χ4n) is 2.38. The van der Waals surface area contributed by atoms with Crippen molar-refractivity contribution in [3.8, 4) is 0 Å². The van der Waals surface area contributed by atoms with Crippen molar-refractivity contribution in [3.05, 3.63) is 0 Å². The number of rotatable bonds is 3. The zero-order chi connectivity index (χ0) is 14.4. The Balaban J connectivity index is 2.67. The minimum absolute atomic E-state index is 0.00880. The summed E-state index contributed by atoms with van der Waals surface area (Å²) in [4.78, 5) is 25.7. The molecule has 0 aromatic rings. The predicted octanol–water partition coefficient (Wildman–Crippen LogP) is 2.02. The van der Waals surface area contributed by atoms with E-state index in [0.29, 0.717) is 5.92 Å². The molecule has 0 saturated carbocycles. The molecule has 1 rings (SSSR count). The molecule has 1 N–H and O–H groups in total. The lowest BCUT2D eigenvalue weighted by Gasteiger charge is -2.28. The van der Waals surface area contributed by atoms with Gasteiger partial charge < -0.3 is 15.0 Å². The van der Waals surface area contributed by atoms with Gasteiger partial charge >= 0.3 is 6.09 Å². The first-order valence-electron chi connectivity index (χ1n) is 7.09. The molecule has 1 aliphatic rings. The summed E-state index contributed by atoms with van der Waals surface area (Å²) in [7, 11) is 1.31. The van der Waals surface area contributed by atoms with Gasteiger partial charge in [0.25, 0.3) is 0 Å². The van der Waals surface area contributed by atoms with Gasteiger partial charge in [0.1, 0.15) is 6.04 Å². The minimum atomic E-state index is -0.546. The van der Waals surface area contributed by atoms with Crippen LogP contribution in [0.15, 0.2) is 0 Å². The number of amides is 2. The normalized spacial score (nSPS) is 21.7. The lowest BCUT2D eigenvalue weighted by molar-refractivity contribution is -0.134. The average molecular weight is 270 g/mol. The van der Waals surface area contributed by atoms with E-state index in [-0.39, 0.29) is 11.8 Å². The van der Waals surface area contributed by atoms with Crippen LogP contribution in [0.2, 0.25) is 0 Å². The third-order valence-electron chi connectivity index (χ3n) is 3.72. The van der Waals surface area contributed by atoms with E-state index >= 15 is 0 Å². The van der Waals surface area contributed by atoms with Crippen LogP contribution in [-0.2, 0) is 9.53 Å². The highest BCUT2D eigenvalue weighted by atomic mass is 16.5. The second-order valence-electron chi connectivity index (χ2n) is 5.72. The predicted molar refractivity (Wildman–Crippen MR) is 73.8 cm³/mol. The van der Waals surface area contributed by atoms with Gasteiger partial charge in [0, 0.05) is 13.1 Å². The maximum atomic E-state index is 12.5. The lowest BCUT2D eigenvalue weighted by atomic mass is 10.0. The van der Waals surface area contributed by atoms with E-state index in [1.807, 2.05) is 18.7 Å². The number of carbonyl (C=O) groups is 2. The molecular formula is C14H26N2O3. The van der Waals surface area contributed by atoms with Gasteiger partial charge in [-0.05, 0) is 31.1 Å². The molecule has 0 bridgehead atoms. The van der Waals surface area contributed by atoms with Crippen LogP contribution < -0.4 is 5.32 Å². The van der Waals surface area contributed by atoms with Crippen molar-refractivity contribution in [1.29, 1.82) is 0 Å². The van der Waals surface area contributed by atoms with E-state index in [2.05, 4.69) is 17.0 Å². The van der Waals surface area contributed by atoms with E-state index in [1.54, 1.807) is 0 Å². The van der Waals surface area contributed by atoms with Gasteiger partial charge in [-0.3, -0.25) is 4.79 Å². The summed E-state index contributed by atoms with van der Waals surface area (Å²) in [6, 6.07) is -0.499. The van der Waals surface area contributed by atoms with Crippen LogP contribution >= 0.6 is 0 Å². The van der Waals surface area contributed by atoms with Crippen LogP contribution in [0.4, 0.5) is 4.79 Å². The summed E-state index contributed by atoms with van der Waals surface area (Å²) in [5, 5.41) is 2.64. The number of ether oxygens (including phenoxy) is 1. The first kappa shape index (κ1) is 15.8. The Morgan fingerprint density at radius 2 is 1.95 bits per heavy atom. The fourth-order valence-corrected chi connectivity index (χ4v) is 2.38. The number of likely N-dealkylation sites (tertiary alicyclic amines) is 1. The molecular weight excluding hydrogens is 244 g/mol. The number of methoxy groups -OCH3 is 1. The second kappa shape index (κ2) is 7.36. The molecule has 0 aliphatic carbocycles. The summed E-state index contributed by atoms with van der Waals surface area (Å²) in [5.74, 6) is 0.727. The van der Waals surface area contributed by atoms with Crippen molar-refractivity contribution in [2.24, 2.45) is 11.8 Å². The largest absolute Gasteiger partial charge is 0.453 e. The van der Waals surface area contributed by atoms with Gasteiger partial charge in [0.15, 0.2) is 0 Å². The van der Waals surface area contributed by atoms with Gasteiger partial charge in [-0.2, -0.15) is 0 Å². The number of alkyl carbamates (subject to hydrolysis) is 1. The zero-order valence-electron chi connectivity index (χ0n) is 12.4. The van der Waals surface area contributed by atoms with Crippen LogP contribution in [0.3, 0.4) is 0 Å². The molecule has 2 atom stereocenters. The molecule has 1 heterocycles.